The van der Waals surface area contributed by atoms with Gasteiger partial charge in [-0.25, -0.2) is 9.03 Å². The second-order valence-electron chi connectivity index (χ2n) is 5.27. The van der Waals surface area contributed by atoms with Gasteiger partial charge in [0.25, 0.3) is 0 Å². The van der Waals surface area contributed by atoms with E-state index in [4.69, 9.17) is 4.74 Å². The van der Waals surface area contributed by atoms with Crippen molar-refractivity contribution in [3.05, 3.63) is 65.7 Å². The first kappa shape index (κ1) is 16.0. The molecule has 0 unspecified atom stereocenters. The molecule has 1 aliphatic heterocycles. The summed E-state index contributed by atoms with van der Waals surface area (Å²) in [6.07, 6.45) is 1.54. The van der Waals surface area contributed by atoms with Crippen LogP contribution in [0.25, 0.3) is 0 Å². The Morgan fingerprint density at radius 2 is 1.88 bits per heavy atom. The summed E-state index contributed by atoms with van der Waals surface area (Å²) in [5.74, 6) is 0.0322. The van der Waals surface area contributed by atoms with Gasteiger partial charge in [-0.3, -0.25) is 0 Å². The molecule has 24 heavy (non-hydrogen) atoms. The molecule has 2 aromatic carbocycles. The lowest BCUT2D eigenvalue weighted by molar-refractivity contribution is 0.392. The number of aromatic hydroxyl groups is 1. The maximum Gasteiger partial charge on any atom is 0.330 e. The van der Waals surface area contributed by atoms with Gasteiger partial charge in [-0.15, -0.1) is 0 Å². The molecule has 2 aromatic rings. The molecule has 0 atom stereocenters. The second-order valence-corrected chi connectivity index (χ2v) is 6.82. The number of anilines is 1. The highest BCUT2D eigenvalue weighted by molar-refractivity contribution is 7.91. The Labute approximate surface area is 139 Å². The molecular weight excluding hydrogens is 332 g/mol. The molecular formula is C16H16N2O5S. The fourth-order valence-corrected chi connectivity index (χ4v) is 3.54. The second kappa shape index (κ2) is 5.97. The third-order valence-electron chi connectivity index (χ3n) is 3.55. The number of aliphatic hydroxyl groups is 1. The van der Waals surface area contributed by atoms with Crippen molar-refractivity contribution < 1.29 is 23.4 Å². The van der Waals surface area contributed by atoms with Crippen LogP contribution in [-0.2, 0) is 16.6 Å². The lowest BCUT2D eigenvalue weighted by atomic mass is 10.0. The van der Waals surface area contributed by atoms with Gasteiger partial charge in [0.15, 0.2) is 0 Å². The van der Waals surface area contributed by atoms with Gasteiger partial charge >= 0.3 is 10.2 Å². The summed E-state index contributed by atoms with van der Waals surface area (Å²) in [7, 11) is -2.34. The summed E-state index contributed by atoms with van der Waals surface area (Å²) in [6.45, 7) is 0. The normalized spacial score (nSPS) is 15.7. The van der Waals surface area contributed by atoms with E-state index in [0.717, 1.165) is 27.4 Å². The van der Waals surface area contributed by atoms with Gasteiger partial charge in [-0.05, 0) is 41.8 Å². The van der Waals surface area contributed by atoms with Crippen LogP contribution in [0.5, 0.6) is 11.5 Å². The van der Waals surface area contributed by atoms with Gasteiger partial charge in [-0.1, -0.05) is 18.2 Å². The monoisotopic (exact) mass is 348 g/mol. The number of nitrogens with one attached hydrogen (secondary N) is 1. The zero-order valence-electron chi connectivity index (χ0n) is 12.8. The van der Waals surface area contributed by atoms with Crippen LogP contribution < -0.4 is 13.8 Å². The zero-order chi connectivity index (χ0) is 17.3. The fraction of sp³-hybridized carbons (Fsp3) is 0.125. The van der Waals surface area contributed by atoms with Crippen molar-refractivity contribution >= 4 is 15.9 Å². The first-order valence-electron chi connectivity index (χ1n) is 7.07. The largest absolute Gasteiger partial charge is 0.506 e. The van der Waals surface area contributed by atoms with E-state index in [0.29, 0.717) is 6.42 Å². The van der Waals surface area contributed by atoms with Crippen LogP contribution in [0.15, 0.2) is 54.5 Å². The van der Waals surface area contributed by atoms with Gasteiger partial charge in [0.05, 0.1) is 13.3 Å². The predicted molar refractivity (Wildman–Crippen MR) is 89.2 cm³/mol. The van der Waals surface area contributed by atoms with E-state index in [-0.39, 0.29) is 11.4 Å². The molecule has 0 amide bonds. The van der Waals surface area contributed by atoms with E-state index in [9.17, 15) is 18.6 Å². The Bertz CT molecular complexity index is 908. The Hall–Kier alpha value is -2.87. The summed E-state index contributed by atoms with van der Waals surface area (Å²) in [4.78, 5) is 0. The molecule has 0 radical (unpaired) electrons. The van der Waals surface area contributed by atoms with Crippen molar-refractivity contribution in [3.63, 3.8) is 0 Å². The SMILES string of the molecule is COc1cccc(Cc2ccc(N3C=C(O)NS3(=O)=O)c(O)c2)c1. The highest BCUT2D eigenvalue weighted by Crippen LogP contribution is 2.33. The van der Waals surface area contributed by atoms with Gasteiger partial charge in [-0.2, -0.15) is 8.42 Å². The van der Waals surface area contributed by atoms with E-state index in [2.05, 4.69) is 0 Å². The van der Waals surface area contributed by atoms with Crippen LogP contribution in [-0.4, -0.2) is 25.7 Å². The van der Waals surface area contributed by atoms with Crippen molar-refractivity contribution in [1.29, 1.82) is 0 Å². The number of aliphatic hydroxyl groups excluding tert-OH is 1. The molecule has 0 bridgehead atoms. The number of nitrogens with zero attached hydrogens (tertiary/aromatic N) is 1. The number of methoxy groups -OCH3 is 1. The molecule has 0 saturated heterocycles. The summed E-state index contributed by atoms with van der Waals surface area (Å²) in [6, 6.07) is 12.2. The Kier molecular flexibility index (Phi) is 3.98. The van der Waals surface area contributed by atoms with Gasteiger partial charge in [0, 0.05) is 0 Å². The standard InChI is InChI=1S/C16H16N2O5S/c1-23-13-4-2-3-11(8-13)7-12-5-6-14(15(19)9-12)18-10-16(20)17-24(18,21)22/h2-6,8-10,17,19-20H,7H2,1H3. The minimum atomic E-state index is -3.93. The van der Waals surface area contributed by atoms with Gasteiger partial charge in [0.1, 0.15) is 17.2 Å². The summed E-state index contributed by atoms with van der Waals surface area (Å²) < 4.78 is 31.6. The van der Waals surface area contributed by atoms with E-state index in [1.807, 2.05) is 29.0 Å². The van der Waals surface area contributed by atoms with Crippen LogP contribution in [0.1, 0.15) is 11.1 Å². The first-order chi connectivity index (χ1) is 11.4. The van der Waals surface area contributed by atoms with Crippen molar-refractivity contribution in [3.8, 4) is 11.5 Å². The fourth-order valence-electron chi connectivity index (χ4n) is 2.47. The average Bonchev–Trinajstić information content (AvgIpc) is 2.80. The van der Waals surface area contributed by atoms with Gasteiger partial charge in [0.2, 0.25) is 5.88 Å². The van der Waals surface area contributed by atoms with Crippen molar-refractivity contribution in [1.82, 2.24) is 4.72 Å². The Balaban J connectivity index is 1.88. The highest BCUT2D eigenvalue weighted by Gasteiger charge is 2.30. The maximum absolute atomic E-state index is 11.8. The molecule has 0 aliphatic carbocycles. The molecule has 1 aliphatic rings. The molecule has 8 heteroatoms. The number of phenolic OH excluding ortho intramolecular Hbond substituents is 1. The van der Waals surface area contributed by atoms with E-state index < -0.39 is 16.1 Å². The maximum atomic E-state index is 11.8. The number of hydrogen-bond donors (Lipinski definition) is 3. The van der Waals surface area contributed by atoms with Crippen LogP contribution in [0.4, 0.5) is 5.69 Å². The predicted octanol–water partition coefficient (Wildman–Crippen LogP) is 2.00. The molecule has 0 saturated carbocycles. The van der Waals surface area contributed by atoms with E-state index >= 15 is 0 Å². The van der Waals surface area contributed by atoms with E-state index in [1.54, 1.807) is 13.2 Å². The average molecular weight is 348 g/mol. The van der Waals surface area contributed by atoms with E-state index in [1.165, 1.54) is 12.1 Å². The smallest absolute Gasteiger partial charge is 0.330 e. The van der Waals surface area contributed by atoms with Crippen molar-refractivity contribution in [2.75, 3.05) is 11.4 Å². The lowest BCUT2D eigenvalue weighted by Gasteiger charge is -2.16. The summed E-state index contributed by atoms with van der Waals surface area (Å²) in [5.41, 5.74) is 1.86. The topological polar surface area (TPSA) is 99.1 Å². The van der Waals surface area contributed by atoms with Crippen molar-refractivity contribution in [2.45, 2.75) is 6.42 Å². The molecule has 7 nitrogen and oxygen atoms in total. The van der Waals surface area contributed by atoms with Crippen LogP contribution in [0.3, 0.4) is 0 Å². The van der Waals surface area contributed by atoms with Crippen LogP contribution in [0.2, 0.25) is 0 Å². The molecule has 3 rings (SSSR count). The minimum Gasteiger partial charge on any atom is -0.506 e. The van der Waals surface area contributed by atoms with Crippen LogP contribution >= 0.6 is 0 Å². The lowest BCUT2D eigenvalue weighted by Crippen LogP contribution is -2.29. The molecule has 0 spiro atoms. The van der Waals surface area contributed by atoms with Gasteiger partial charge < -0.3 is 14.9 Å². The Morgan fingerprint density at radius 1 is 1.12 bits per heavy atom. The zero-order valence-corrected chi connectivity index (χ0v) is 13.6. The third kappa shape index (κ3) is 3.09. The number of rotatable bonds is 4. The number of ether oxygens (including phenoxy) is 1. The molecule has 3 N–H and O–H groups in total. The molecule has 0 aromatic heterocycles. The molecule has 1 heterocycles. The number of hydrogen-bond acceptors (Lipinski definition) is 5. The summed E-state index contributed by atoms with van der Waals surface area (Å²) in [5, 5.41) is 19.5. The summed E-state index contributed by atoms with van der Waals surface area (Å²) >= 11 is 0. The highest BCUT2D eigenvalue weighted by atomic mass is 32.2. The number of phenols is 1. The third-order valence-corrected chi connectivity index (χ3v) is 4.84. The van der Waals surface area contributed by atoms with Crippen molar-refractivity contribution in [2.24, 2.45) is 0 Å². The molecule has 0 fully saturated rings. The molecule has 126 valence electrons. The Morgan fingerprint density at radius 3 is 2.50 bits per heavy atom. The quantitative estimate of drug-likeness (QED) is 0.785. The first-order valence-corrected chi connectivity index (χ1v) is 8.51. The van der Waals surface area contributed by atoms with Crippen LogP contribution in [0, 0.1) is 0 Å². The number of benzene rings is 2. The minimum absolute atomic E-state index is 0.0564.